The van der Waals surface area contributed by atoms with Crippen molar-refractivity contribution in [3.8, 4) is 0 Å². The van der Waals surface area contributed by atoms with Gasteiger partial charge in [-0.25, -0.2) is 13.2 Å². The summed E-state index contributed by atoms with van der Waals surface area (Å²) in [7, 11) is -2.45. The van der Waals surface area contributed by atoms with Crippen LogP contribution in [0.4, 0.5) is 10.5 Å². The van der Waals surface area contributed by atoms with Crippen molar-refractivity contribution in [1.82, 2.24) is 4.90 Å². The molecule has 2 aromatic carbocycles. The maximum absolute atomic E-state index is 12.6. The molecule has 7 nitrogen and oxygen atoms in total. The van der Waals surface area contributed by atoms with Crippen molar-refractivity contribution < 1.29 is 22.7 Å². The number of benzene rings is 2. The standard InChI is InChI=1S/C19H20N2O5S/c1-13(22)14-4-7-18(8-5-14)27(24,25)20-17-6-3-15-9-10-21(19(23)26-2)12-16(15)11-17/h3-8,11,20H,9-10,12H2,1-2H3. The summed E-state index contributed by atoms with van der Waals surface area (Å²) in [5, 5.41) is 0. The van der Waals surface area contributed by atoms with E-state index in [0.717, 1.165) is 11.1 Å². The highest BCUT2D eigenvalue weighted by molar-refractivity contribution is 7.92. The Hall–Kier alpha value is -2.87. The number of methoxy groups -OCH3 is 1. The molecule has 8 heteroatoms. The van der Waals surface area contributed by atoms with E-state index in [1.165, 1.54) is 38.3 Å². The molecule has 0 aliphatic carbocycles. The highest BCUT2D eigenvalue weighted by Gasteiger charge is 2.22. The van der Waals surface area contributed by atoms with E-state index in [9.17, 15) is 18.0 Å². The monoisotopic (exact) mass is 388 g/mol. The normalized spacial score (nSPS) is 13.6. The number of hydrogen-bond donors (Lipinski definition) is 1. The van der Waals surface area contributed by atoms with Gasteiger partial charge in [-0.3, -0.25) is 9.52 Å². The molecule has 0 unspecified atom stereocenters. The Morgan fingerprint density at radius 2 is 1.78 bits per heavy atom. The molecule has 0 spiro atoms. The van der Waals surface area contributed by atoms with Gasteiger partial charge in [0.15, 0.2) is 5.78 Å². The van der Waals surface area contributed by atoms with E-state index in [0.29, 0.717) is 30.8 Å². The highest BCUT2D eigenvalue weighted by atomic mass is 32.2. The molecule has 1 amide bonds. The highest BCUT2D eigenvalue weighted by Crippen LogP contribution is 2.25. The molecule has 0 radical (unpaired) electrons. The molecule has 1 aliphatic rings. The van der Waals surface area contributed by atoms with Gasteiger partial charge in [-0.05, 0) is 48.7 Å². The van der Waals surface area contributed by atoms with E-state index in [4.69, 9.17) is 4.74 Å². The van der Waals surface area contributed by atoms with Crippen LogP contribution >= 0.6 is 0 Å². The Bertz CT molecular complexity index is 984. The second kappa shape index (κ2) is 7.40. The number of amides is 1. The average molecular weight is 388 g/mol. The molecule has 142 valence electrons. The maximum Gasteiger partial charge on any atom is 0.409 e. The molecule has 27 heavy (non-hydrogen) atoms. The van der Waals surface area contributed by atoms with E-state index in [2.05, 4.69) is 4.72 Å². The van der Waals surface area contributed by atoms with Crippen LogP contribution in [0.15, 0.2) is 47.4 Å². The van der Waals surface area contributed by atoms with Crippen molar-refractivity contribution in [2.24, 2.45) is 0 Å². The number of rotatable bonds is 4. The number of anilines is 1. The number of Topliss-reactive ketones (excluding diaryl/α,β-unsaturated/α-hetero) is 1. The minimum atomic E-state index is -3.78. The van der Waals surface area contributed by atoms with Gasteiger partial charge in [0.2, 0.25) is 0 Å². The Balaban J connectivity index is 1.81. The zero-order valence-electron chi connectivity index (χ0n) is 15.1. The molecule has 0 bridgehead atoms. The van der Waals surface area contributed by atoms with Crippen molar-refractivity contribution in [1.29, 1.82) is 0 Å². The number of fused-ring (bicyclic) bond motifs is 1. The Morgan fingerprint density at radius 3 is 2.41 bits per heavy atom. The SMILES string of the molecule is COC(=O)N1CCc2ccc(NS(=O)(=O)c3ccc(C(C)=O)cc3)cc2C1. The number of sulfonamides is 1. The third kappa shape index (κ3) is 4.11. The second-order valence-corrected chi connectivity index (χ2v) is 7.99. The molecular formula is C19H20N2O5S. The van der Waals surface area contributed by atoms with Gasteiger partial charge < -0.3 is 9.64 Å². The zero-order valence-corrected chi connectivity index (χ0v) is 15.9. The lowest BCUT2D eigenvalue weighted by Crippen LogP contribution is -2.35. The summed E-state index contributed by atoms with van der Waals surface area (Å²) < 4.78 is 32.5. The molecular weight excluding hydrogens is 368 g/mol. The number of carbonyl (C=O) groups excluding carboxylic acids is 2. The van der Waals surface area contributed by atoms with Crippen LogP contribution in [0.3, 0.4) is 0 Å². The molecule has 0 saturated heterocycles. The van der Waals surface area contributed by atoms with Gasteiger partial charge in [-0.1, -0.05) is 18.2 Å². The second-order valence-electron chi connectivity index (χ2n) is 6.31. The van der Waals surface area contributed by atoms with Crippen LogP contribution in [0.2, 0.25) is 0 Å². The van der Waals surface area contributed by atoms with E-state index in [1.54, 1.807) is 17.0 Å². The van der Waals surface area contributed by atoms with Crippen molar-refractivity contribution in [2.45, 2.75) is 24.8 Å². The minimum absolute atomic E-state index is 0.0707. The van der Waals surface area contributed by atoms with Gasteiger partial charge in [-0.2, -0.15) is 0 Å². The van der Waals surface area contributed by atoms with E-state index in [-0.39, 0.29) is 10.7 Å². The quantitative estimate of drug-likeness (QED) is 0.813. The van der Waals surface area contributed by atoms with E-state index >= 15 is 0 Å². The van der Waals surface area contributed by atoms with Crippen molar-refractivity contribution in [3.63, 3.8) is 0 Å². The molecule has 1 aliphatic heterocycles. The molecule has 2 aromatic rings. The third-order valence-electron chi connectivity index (χ3n) is 4.47. The van der Waals surface area contributed by atoms with Gasteiger partial charge in [0, 0.05) is 24.3 Å². The number of ketones is 1. The summed E-state index contributed by atoms with van der Waals surface area (Å²) >= 11 is 0. The van der Waals surface area contributed by atoms with Crippen LogP contribution in [0, 0.1) is 0 Å². The first-order valence-corrected chi connectivity index (χ1v) is 9.87. The smallest absolute Gasteiger partial charge is 0.409 e. The molecule has 0 fully saturated rings. The third-order valence-corrected chi connectivity index (χ3v) is 5.87. The predicted molar refractivity (Wildman–Crippen MR) is 100 cm³/mol. The van der Waals surface area contributed by atoms with Crippen LogP contribution in [-0.2, 0) is 27.7 Å². The summed E-state index contributed by atoms with van der Waals surface area (Å²) in [6, 6.07) is 11.1. The molecule has 0 saturated carbocycles. The Morgan fingerprint density at radius 1 is 1.07 bits per heavy atom. The maximum atomic E-state index is 12.6. The van der Waals surface area contributed by atoms with Crippen molar-refractivity contribution in [3.05, 3.63) is 59.2 Å². The lowest BCUT2D eigenvalue weighted by Gasteiger charge is -2.28. The topological polar surface area (TPSA) is 92.8 Å². The summed E-state index contributed by atoms with van der Waals surface area (Å²) in [5.41, 5.74) is 2.81. The van der Waals surface area contributed by atoms with Crippen LogP contribution < -0.4 is 4.72 Å². The van der Waals surface area contributed by atoms with Crippen molar-refractivity contribution in [2.75, 3.05) is 18.4 Å². The van der Waals surface area contributed by atoms with Crippen LogP contribution in [0.5, 0.6) is 0 Å². The number of nitrogens with zero attached hydrogens (tertiary/aromatic N) is 1. The van der Waals surface area contributed by atoms with Crippen LogP contribution in [0.1, 0.15) is 28.4 Å². The first-order chi connectivity index (χ1) is 12.8. The van der Waals surface area contributed by atoms with Gasteiger partial charge >= 0.3 is 6.09 Å². The predicted octanol–water partition coefficient (Wildman–Crippen LogP) is 2.81. The zero-order chi connectivity index (χ0) is 19.6. The van der Waals surface area contributed by atoms with Crippen molar-refractivity contribution >= 4 is 27.6 Å². The average Bonchev–Trinajstić information content (AvgIpc) is 2.66. The lowest BCUT2D eigenvalue weighted by molar-refractivity contribution is 0.101. The Kier molecular flexibility index (Phi) is 5.18. The largest absolute Gasteiger partial charge is 0.453 e. The molecule has 3 rings (SSSR count). The first kappa shape index (κ1) is 18.9. The summed E-state index contributed by atoms with van der Waals surface area (Å²) in [6.45, 7) is 2.35. The molecule has 0 aromatic heterocycles. The van der Waals surface area contributed by atoms with Gasteiger partial charge in [0.25, 0.3) is 10.0 Å². The van der Waals surface area contributed by atoms with E-state index in [1.807, 2.05) is 6.07 Å². The molecule has 0 atom stereocenters. The summed E-state index contributed by atoms with van der Waals surface area (Å²) in [5.74, 6) is -0.128. The fourth-order valence-corrected chi connectivity index (χ4v) is 4.04. The summed E-state index contributed by atoms with van der Waals surface area (Å²) in [4.78, 5) is 24.7. The Labute approximate surface area is 158 Å². The molecule has 1 N–H and O–H groups in total. The van der Waals surface area contributed by atoms with Gasteiger partial charge in [0.1, 0.15) is 0 Å². The van der Waals surface area contributed by atoms with Gasteiger partial charge in [0.05, 0.1) is 12.0 Å². The fraction of sp³-hybridized carbons (Fsp3) is 0.263. The fourth-order valence-electron chi connectivity index (χ4n) is 2.99. The molecule has 1 heterocycles. The lowest BCUT2D eigenvalue weighted by atomic mass is 9.99. The number of ether oxygens (including phenoxy) is 1. The summed E-state index contributed by atoms with van der Waals surface area (Å²) in [6.07, 6.45) is 0.279. The van der Waals surface area contributed by atoms with Gasteiger partial charge in [-0.15, -0.1) is 0 Å². The number of hydrogen-bond acceptors (Lipinski definition) is 5. The first-order valence-electron chi connectivity index (χ1n) is 8.38. The van der Waals surface area contributed by atoms with E-state index < -0.39 is 16.1 Å². The minimum Gasteiger partial charge on any atom is -0.453 e. The number of nitrogens with one attached hydrogen (secondary N) is 1. The van der Waals surface area contributed by atoms with Crippen LogP contribution in [0.25, 0.3) is 0 Å². The van der Waals surface area contributed by atoms with Crippen LogP contribution in [-0.4, -0.2) is 38.8 Å². The number of carbonyl (C=O) groups is 2.